The van der Waals surface area contributed by atoms with Crippen LogP contribution in [0.5, 0.6) is 5.75 Å². The van der Waals surface area contributed by atoms with Crippen molar-refractivity contribution in [3.05, 3.63) is 65.2 Å². The van der Waals surface area contributed by atoms with Gasteiger partial charge >= 0.3 is 0 Å². The summed E-state index contributed by atoms with van der Waals surface area (Å²) < 4.78 is 19.3. The lowest BCUT2D eigenvalue weighted by atomic mass is 10.1. The van der Waals surface area contributed by atoms with Gasteiger partial charge in [0.15, 0.2) is 11.6 Å². The van der Waals surface area contributed by atoms with Crippen LogP contribution in [-0.2, 0) is 20.8 Å². The predicted octanol–water partition coefficient (Wildman–Crippen LogP) is 10.9. The molecule has 0 radical (unpaired) electrons. The van der Waals surface area contributed by atoms with Crippen molar-refractivity contribution in [3.63, 3.8) is 0 Å². The van der Waals surface area contributed by atoms with E-state index in [-0.39, 0.29) is 56.1 Å². The Morgan fingerprint density at radius 1 is 0.537 bits per heavy atom. The van der Waals surface area contributed by atoms with Crippen molar-refractivity contribution >= 4 is 11.6 Å². The molecule has 0 N–H and O–H groups in total. The molecule has 0 saturated carbocycles. The van der Waals surface area contributed by atoms with Crippen molar-refractivity contribution in [2.24, 2.45) is 0 Å². The largest absolute Gasteiger partial charge is 0.497 e. The minimum absolute atomic E-state index is 0. The fraction of sp³-hybridized carbons (Fsp3) is 0.600. The van der Waals surface area contributed by atoms with Gasteiger partial charge in [-0.05, 0) is 31.5 Å². The lowest BCUT2D eigenvalue weighted by molar-refractivity contribution is 0.100. The number of rotatable bonds is 8. The van der Waals surface area contributed by atoms with Crippen LogP contribution in [0.2, 0.25) is 0 Å². The summed E-state index contributed by atoms with van der Waals surface area (Å²) >= 11 is 0. The number of hydrogen-bond acceptors (Lipinski definition) is 6. The van der Waals surface area contributed by atoms with Gasteiger partial charge in [-0.25, -0.2) is 0 Å². The van der Waals surface area contributed by atoms with E-state index in [0.717, 1.165) is 11.3 Å². The van der Waals surface area contributed by atoms with Crippen molar-refractivity contribution < 1.29 is 28.5 Å². The maximum absolute atomic E-state index is 10.8. The van der Waals surface area contributed by atoms with Gasteiger partial charge in [0, 0.05) is 32.5 Å². The fourth-order valence-electron chi connectivity index (χ4n) is 1.99. The fourth-order valence-corrected chi connectivity index (χ4v) is 1.99. The van der Waals surface area contributed by atoms with E-state index in [2.05, 4.69) is 37.2 Å². The van der Waals surface area contributed by atoms with Crippen molar-refractivity contribution in [1.82, 2.24) is 0 Å². The Labute approximate surface area is 258 Å². The summed E-state index contributed by atoms with van der Waals surface area (Å²) in [5.41, 5.74) is 2.44. The molecule has 0 aliphatic heterocycles. The van der Waals surface area contributed by atoms with E-state index >= 15 is 0 Å². The van der Waals surface area contributed by atoms with Gasteiger partial charge < -0.3 is 18.9 Å². The number of ether oxygens (including phenoxy) is 4. The van der Waals surface area contributed by atoms with Crippen LogP contribution >= 0.6 is 0 Å². The summed E-state index contributed by atoms with van der Waals surface area (Å²) in [5.74, 6) is 0.917. The lowest BCUT2D eigenvalue weighted by Gasteiger charge is -2.01. The van der Waals surface area contributed by atoms with Gasteiger partial charge in [-0.2, -0.15) is 0 Å². The van der Waals surface area contributed by atoms with Gasteiger partial charge in [-0.3, -0.25) is 9.59 Å². The number of hydrogen-bond donors (Lipinski definition) is 0. The Morgan fingerprint density at radius 2 is 0.829 bits per heavy atom. The normalized spacial score (nSPS) is 7.56. The molecular weight excluding hydrogens is 516 g/mol. The third kappa shape index (κ3) is 42.1. The first-order chi connectivity index (χ1) is 16.7. The minimum Gasteiger partial charge on any atom is -0.497 e. The van der Waals surface area contributed by atoms with E-state index in [1.165, 1.54) is 26.7 Å². The quantitative estimate of drug-likeness (QED) is 0.226. The first-order valence-electron chi connectivity index (χ1n) is 11.9. The molecule has 0 fully saturated rings. The molecule has 41 heavy (non-hydrogen) atoms. The van der Waals surface area contributed by atoms with Crippen molar-refractivity contribution in [2.75, 3.05) is 41.7 Å². The molecule has 0 unspecified atom stereocenters. The molecule has 248 valence electrons. The number of carbonyl (C=O) groups is 2. The highest BCUT2D eigenvalue weighted by Gasteiger charge is 2.00. The maximum Gasteiger partial charge on any atom is 0.159 e. The van der Waals surface area contributed by atoms with Crippen LogP contribution in [-0.4, -0.2) is 53.2 Å². The Bertz CT molecular complexity index is 686. The zero-order chi connectivity index (χ0) is 27.5. The predicted molar refractivity (Wildman–Crippen MR) is 186 cm³/mol. The van der Waals surface area contributed by atoms with E-state index in [1.807, 2.05) is 24.3 Å². The van der Waals surface area contributed by atoms with Crippen LogP contribution in [0.3, 0.4) is 0 Å². The Morgan fingerprint density at radius 3 is 1.02 bits per heavy atom. The standard InChI is InChI=1S/C10H10O2.C9H12O2.C4H10O2.2C3H8.6CH4/c1-7(11)9-3-5-10(6-4-9)8(2)12;1-10-7-8-3-5-9(11-2)6-4-8;1-5-3-4-6-2;2*1-3-2;;;;;;/h3-6H,1-2H3;3-6H,7H2,1-2H3;3-4H2,1-2H3;2*3H2,1-2H3;6*1H4. The summed E-state index contributed by atoms with van der Waals surface area (Å²) in [5, 5.41) is 0. The first kappa shape index (κ1) is 62.2. The second-order valence-electron chi connectivity index (χ2n) is 7.37. The average Bonchev–Trinajstić information content (AvgIpc) is 2.85. The number of ketones is 2. The van der Waals surface area contributed by atoms with Crippen LogP contribution < -0.4 is 4.74 Å². The SMILES string of the molecule is C.C.C.C.C.C.CC(=O)c1ccc(C(C)=O)cc1.CCC.CCC.COCCOC.COCc1ccc(OC)cc1. The monoisotopic (exact) mass is 589 g/mol. The topological polar surface area (TPSA) is 71.1 Å². The summed E-state index contributed by atoms with van der Waals surface area (Å²) in [6.07, 6.45) is 2.50. The van der Waals surface area contributed by atoms with Gasteiger partial charge in [0.2, 0.25) is 0 Å². The van der Waals surface area contributed by atoms with Crippen molar-refractivity contribution in [3.8, 4) is 5.75 Å². The van der Waals surface area contributed by atoms with E-state index in [4.69, 9.17) is 9.47 Å². The molecule has 0 atom stereocenters. The molecule has 6 heteroatoms. The molecule has 2 aromatic carbocycles. The van der Waals surface area contributed by atoms with Crippen LogP contribution in [0.25, 0.3) is 0 Å². The summed E-state index contributed by atoms with van der Waals surface area (Å²) in [6, 6.07) is 14.5. The molecule has 0 amide bonds. The molecule has 0 aliphatic carbocycles. The highest BCUT2D eigenvalue weighted by atomic mass is 16.5. The third-order valence-electron chi connectivity index (χ3n) is 3.66. The molecule has 0 bridgehead atoms. The number of benzene rings is 2. The molecule has 0 aliphatic rings. The molecular formula is C35H72O6. The zero-order valence-electron chi connectivity index (χ0n) is 23.6. The molecule has 0 heterocycles. The Balaban J connectivity index is -0.0000000470. The van der Waals surface area contributed by atoms with E-state index in [9.17, 15) is 9.59 Å². The summed E-state index contributed by atoms with van der Waals surface area (Å²) in [7, 11) is 6.65. The minimum atomic E-state index is 0. The third-order valence-corrected chi connectivity index (χ3v) is 3.66. The molecule has 0 spiro atoms. The van der Waals surface area contributed by atoms with Crippen LogP contribution in [0.4, 0.5) is 0 Å². The maximum atomic E-state index is 10.8. The van der Waals surface area contributed by atoms with Gasteiger partial charge in [0.05, 0.1) is 26.9 Å². The molecule has 2 aromatic rings. The molecule has 0 saturated heterocycles. The Hall–Kier alpha value is -2.54. The van der Waals surface area contributed by atoms with Crippen molar-refractivity contribution in [2.45, 2.75) is 106 Å². The van der Waals surface area contributed by atoms with Crippen LogP contribution in [0.15, 0.2) is 48.5 Å². The van der Waals surface area contributed by atoms with E-state index in [1.54, 1.807) is 52.7 Å². The average molecular weight is 589 g/mol. The molecule has 6 nitrogen and oxygen atoms in total. The van der Waals surface area contributed by atoms with Gasteiger partial charge in [0.1, 0.15) is 5.75 Å². The Kier molecular flexibility index (Phi) is 71.7. The molecule has 2 rings (SSSR count). The lowest BCUT2D eigenvalue weighted by Crippen LogP contribution is -1.96. The number of carbonyl (C=O) groups excluding carboxylic acids is 2. The van der Waals surface area contributed by atoms with Crippen molar-refractivity contribution in [1.29, 1.82) is 0 Å². The second kappa shape index (κ2) is 47.3. The molecule has 0 aromatic heterocycles. The van der Waals surface area contributed by atoms with Crippen LogP contribution in [0, 0.1) is 0 Å². The van der Waals surface area contributed by atoms with E-state index < -0.39 is 0 Å². The number of methoxy groups -OCH3 is 4. The highest BCUT2D eigenvalue weighted by molar-refractivity contribution is 5.97. The smallest absolute Gasteiger partial charge is 0.159 e. The van der Waals surface area contributed by atoms with Gasteiger partial charge in [0.25, 0.3) is 0 Å². The summed E-state index contributed by atoms with van der Waals surface area (Å²) in [4.78, 5) is 21.7. The zero-order valence-corrected chi connectivity index (χ0v) is 23.6. The van der Waals surface area contributed by atoms with Gasteiger partial charge in [-0.1, -0.05) is 121 Å². The summed E-state index contributed by atoms with van der Waals surface area (Å²) in [6.45, 7) is 13.5. The number of Topliss-reactive ketones (excluding diaryl/α,β-unsaturated/α-hetero) is 2. The highest BCUT2D eigenvalue weighted by Crippen LogP contribution is 2.11. The van der Waals surface area contributed by atoms with Crippen LogP contribution in [0.1, 0.15) is 125 Å². The van der Waals surface area contributed by atoms with Gasteiger partial charge in [-0.15, -0.1) is 0 Å². The second-order valence-corrected chi connectivity index (χ2v) is 7.37. The van der Waals surface area contributed by atoms with E-state index in [0.29, 0.717) is 30.9 Å². The first-order valence-corrected chi connectivity index (χ1v) is 11.9.